The number of halogens is 1. The fraction of sp³-hybridized carbons (Fsp3) is 0.500. The van der Waals surface area contributed by atoms with Crippen molar-refractivity contribution in [2.24, 2.45) is 5.73 Å². The zero-order valence-corrected chi connectivity index (χ0v) is 10.9. The third kappa shape index (κ3) is 3.66. The van der Waals surface area contributed by atoms with E-state index in [1.165, 1.54) is 18.2 Å². The Balaban J connectivity index is 2.99. The molecule has 18 heavy (non-hydrogen) atoms. The lowest BCUT2D eigenvalue weighted by Gasteiger charge is -2.19. The number of benzene rings is 1. The van der Waals surface area contributed by atoms with Gasteiger partial charge >= 0.3 is 0 Å². The highest BCUT2D eigenvalue weighted by atomic mass is 35.5. The Kier molecular flexibility index (Phi) is 5.53. The number of aliphatic hydroxyl groups excluding tert-OH is 1. The molecule has 5 nitrogen and oxygen atoms in total. The maximum Gasteiger partial charge on any atom is 0.274 e. The highest BCUT2D eigenvalue weighted by Gasteiger charge is 2.24. The summed E-state index contributed by atoms with van der Waals surface area (Å²) in [5.41, 5.74) is 6.04. The summed E-state index contributed by atoms with van der Waals surface area (Å²) in [5, 5.41) is 21.2. The Morgan fingerprint density at radius 3 is 2.78 bits per heavy atom. The quantitative estimate of drug-likeness (QED) is 0.615. The number of hydrogen-bond acceptors (Lipinski definition) is 4. The SMILES string of the molecule is CCCC[C@H](O)[C@H](N)c1cc(Cl)ccc1[N+](=O)[O-]. The molecule has 0 bridgehead atoms. The van der Waals surface area contributed by atoms with Crippen LogP contribution >= 0.6 is 11.6 Å². The summed E-state index contributed by atoms with van der Waals surface area (Å²) in [5.74, 6) is 0. The highest BCUT2D eigenvalue weighted by Crippen LogP contribution is 2.29. The monoisotopic (exact) mass is 272 g/mol. The first-order chi connectivity index (χ1) is 8.47. The minimum atomic E-state index is -0.804. The van der Waals surface area contributed by atoms with Gasteiger partial charge in [-0.3, -0.25) is 10.1 Å². The van der Waals surface area contributed by atoms with Crippen LogP contribution in [0.15, 0.2) is 18.2 Å². The minimum absolute atomic E-state index is 0.109. The summed E-state index contributed by atoms with van der Waals surface area (Å²) in [6.45, 7) is 2.00. The van der Waals surface area contributed by atoms with Crippen LogP contribution in [0, 0.1) is 10.1 Å². The van der Waals surface area contributed by atoms with Gasteiger partial charge in [0.25, 0.3) is 5.69 Å². The van der Waals surface area contributed by atoms with E-state index in [4.69, 9.17) is 17.3 Å². The van der Waals surface area contributed by atoms with Gasteiger partial charge in [0, 0.05) is 11.1 Å². The molecule has 0 spiro atoms. The normalized spacial score (nSPS) is 14.2. The van der Waals surface area contributed by atoms with Crippen molar-refractivity contribution < 1.29 is 10.0 Å². The summed E-state index contributed by atoms with van der Waals surface area (Å²) in [7, 11) is 0. The third-order valence-corrected chi connectivity index (χ3v) is 3.05. The first kappa shape index (κ1) is 14.9. The molecule has 2 atom stereocenters. The molecule has 100 valence electrons. The van der Waals surface area contributed by atoms with E-state index in [-0.39, 0.29) is 11.3 Å². The van der Waals surface area contributed by atoms with Gasteiger partial charge < -0.3 is 10.8 Å². The average Bonchev–Trinajstić information content (AvgIpc) is 2.34. The fourth-order valence-electron chi connectivity index (χ4n) is 1.76. The number of rotatable bonds is 6. The summed E-state index contributed by atoms with van der Waals surface area (Å²) >= 11 is 5.81. The van der Waals surface area contributed by atoms with Gasteiger partial charge in [0.05, 0.1) is 22.6 Å². The molecule has 1 aromatic rings. The van der Waals surface area contributed by atoms with Crippen LogP contribution in [0.4, 0.5) is 5.69 Å². The van der Waals surface area contributed by atoms with Crippen molar-refractivity contribution in [1.82, 2.24) is 0 Å². The van der Waals surface area contributed by atoms with Gasteiger partial charge in [-0.1, -0.05) is 31.4 Å². The molecule has 0 amide bonds. The van der Waals surface area contributed by atoms with Gasteiger partial charge in [-0.2, -0.15) is 0 Å². The molecule has 0 aliphatic heterocycles. The second-order valence-corrected chi connectivity index (χ2v) is 4.63. The number of nitro benzene ring substituents is 1. The lowest BCUT2D eigenvalue weighted by Crippen LogP contribution is -2.26. The zero-order chi connectivity index (χ0) is 13.7. The molecule has 0 heterocycles. The van der Waals surface area contributed by atoms with Crippen LogP contribution in [-0.4, -0.2) is 16.1 Å². The van der Waals surface area contributed by atoms with E-state index in [0.29, 0.717) is 11.4 Å². The molecule has 0 saturated carbocycles. The van der Waals surface area contributed by atoms with Crippen molar-refractivity contribution in [1.29, 1.82) is 0 Å². The molecular weight excluding hydrogens is 256 g/mol. The average molecular weight is 273 g/mol. The van der Waals surface area contributed by atoms with Crippen LogP contribution in [0.25, 0.3) is 0 Å². The standard InChI is InChI=1S/C12H17ClN2O3/c1-2-3-4-11(16)12(14)9-7-8(13)5-6-10(9)15(17)18/h5-7,11-12,16H,2-4,14H2,1H3/t11-,12+/m0/s1. The van der Waals surface area contributed by atoms with Crippen molar-refractivity contribution in [3.8, 4) is 0 Å². The van der Waals surface area contributed by atoms with Crippen molar-refractivity contribution in [3.63, 3.8) is 0 Å². The van der Waals surface area contributed by atoms with Crippen molar-refractivity contribution in [2.45, 2.75) is 38.3 Å². The van der Waals surface area contributed by atoms with Crippen LogP contribution in [0.2, 0.25) is 5.02 Å². The Morgan fingerprint density at radius 2 is 2.22 bits per heavy atom. The third-order valence-electron chi connectivity index (χ3n) is 2.81. The predicted molar refractivity (Wildman–Crippen MR) is 70.6 cm³/mol. The summed E-state index contributed by atoms with van der Waals surface area (Å²) in [6.07, 6.45) is 1.47. The largest absolute Gasteiger partial charge is 0.391 e. The first-order valence-corrected chi connectivity index (χ1v) is 6.22. The molecule has 1 aromatic carbocycles. The lowest BCUT2D eigenvalue weighted by atomic mass is 9.97. The van der Waals surface area contributed by atoms with E-state index < -0.39 is 17.1 Å². The van der Waals surface area contributed by atoms with E-state index in [9.17, 15) is 15.2 Å². The van der Waals surface area contributed by atoms with Crippen LogP contribution in [-0.2, 0) is 0 Å². The summed E-state index contributed by atoms with van der Waals surface area (Å²) < 4.78 is 0. The van der Waals surface area contributed by atoms with Crippen molar-refractivity contribution in [3.05, 3.63) is 38.9 Å². The van der Waals surface area contributed by atoms with Crippen LogP contribution in [0.3, 0.4) is 0 Å². The molecule has 0 unspecified atom stereocenters. The molecule has 0 aliphatic rings. The van der Waals surface area contributed by atoms with E-state index in [1.54, 1.807) is 0 Å². The second kappa shape index (κ2) is 6.68. The Labute approximate surface area is 111 Å². The number of hydrogen-bond donors (Lipinski definition) is 2. The Bertz CT molecular complexity index is 426. The van der Waals surface area contributed by atoms with Crippen LogP contribution in [0.5, 0.6) is 0 Å². The van der Waals surface area contributed by atoms with Gasteiger partial charge in [0.1, 0.15) is 0 Å². The Morgan fingerprint density at radius 1 is 1.56 bits per heavy atom. The molecular formula is C12H17ClN2O3. The molecule has 0 aromatic heterocycles. The van der Waals surface area contributed by atoms with Crippen LogP contribution < -0.4 is 5.73 Å². The maximum atomic E-state index is 10.9. The van der Waals surface area contributed by atoms with E-state index in [2.05, 4.69) is 0 Å². The van der Waals surface area contributed by atoms with Gasteiger partial charge in [-0.05, 0) is 18.6 Å². The second-order valence-electron chi connectivity index (χ2n) is 4.20. The highest BCUT2D eigenvalue weighted by molar-refractivity contribution is 6.30. The number of nitro groups is 1. The van der Waals surface area contributed by atoms with E-state index in [1.807, 2.05) is 6.92 Å². The lowest BCUT2D eigenvalue weighted by molar-refractivity contribution is -0.385. The smallest absolute Gasteiger partial charge is 0.274 e. The predicted octanol–water partition coefficient (Wildman–Crippen LogP) is 2.80. The van der Waals surface area contributed by atoms with Gasteiger partial charge in [-0.25, -0.2) is 0 Å². The molecule has 1 rings (SSSR count). The molecule has 0 aliphatic carbocycles. The topological polar surface area (TPSA) is 89.4 Å². The zero-order valence-electron chi connectivity index (χ0n) is 10.2. The number of nitrogens with two attached hydrogens (primary N) is 1. The maximum absolute atomic E-state index is 10.9. The summed E-state index contributed by atoms with van der Waals surface area (Å²) in [4.78, 5) is 10.4. The van der Waals surface area contributed by atoms with Crippen molar-refractivity contribution >= 4 is 17.3 Å². The fourth-order valence-corrected chi connectivity index (χ4v) is 1.94. The Hall–Kier alpha value is -1.17. The van der Waals surface area contributed by atoms with E-state index >= 15 is 0 Å². The molecule has 0 radical (unpaired) electrons. The van der Waals surface area contributed by atoms with Crippen LogP contribution in [0.1, 0.15) is 37.8 Å². The number of unbranched alkanes of at least 4 members (excludes halogenated alkanes) is 1. The molecule has 3 N–H and O–H groups in total. The van der Waals surface area contributed by atoms with Gasteiger partial charge in [-0.15, -0.1) is 0 Å². The molecule has 0 saturated heterocycles. The molecule has 6 heteroatoms. The first-order valence-electron chi connectivity index (χ1n) is 5.84. The van der Waals surface area contributed by atoms with E-state index in [0.717, 1.165) is 12.8 Å². The van der Waals surface area contributed by atoms with Crippen molar-refractivity contribution in [2.75, 3.05) is 0 Å². The minimum Gasteiger partial charge on any atom is -0.391 e. The number of nitrogens with zero attached hydrogens (tertiary/aromatic N) is 1. The van der Waals surface area contributed by atoms with Gasteiger partial charge in [0.2, 0.25) is 0 Å². The number of aliphatic hydroxyl groups is 1. The molecule has 0 fully saturated rings. The summed E-state index contributed by atoms with van der Waals surface area (Å²) in [6, 6.07) is 3.40. The van der Waals surface area contributed by atoms with Gasteiger partial charge in [0.15, 0.2) is 0 Å².